The zero-order valence-electron chi connectivity index (χ0n) is 16.7. The second-order valence-corrected chi connectivity index (χ2v) is 7.91. The predicted molar refractivity (Wildman–Crippen MR) is 105 cm³/mol. The van der Waals surface area contributed by atoms with Crippen LogP contribution in [0.25, 0.3) is 0 Å². The van der Waals surface area contributed by atoms with Crippen molar-refractivity contribution in [2.75, 3.05) is 6.61 Å². The SMILES string of the molecule is CCOC(=O)[C@H]1[C@@]2(C)NC(=O)[C@]1(Cc1ccccc1)c1cc(C)c(C)cc1O2. The smallest absolute Gasteiger partial charge is 0.316 e. The number of esters is 1. The van der Waals surface area contributed by atoms with Gasteiger partial charge in [0, 0.05) is 5.56 Å². The number of nitrogens with one attached hydrogen (secondary N) is 1. The summed E-state index contributed by atoms with van der Waals surface area (Å²) in [6, 6.07) is 13.7. The van der Waals surface area contributed by atoms with Crippen LogP contribution in [0, 0.1) is 19.8 Å². The molecule has 146 valence electrons. The van der Waals surface area contributed by atoms with Gasteiger partial charge in [-0.15, -0.1) is 0 Å². The Hall–Kier alpha value is -2.82. The molecule has 0 spiro atoms. The summed E-state index contributed by atoms with van der Waals surface area (Å²) in [4.78, 5) is 26.5. The van der Waals surface area contributed by atoms with E-state index in [-0.39, 0.29) is 12.5 Å². The maximum absolute atomic E-state index is 13.5. The molecule has 28 heavy (non-hydrogen) atoms. The number of fused-ring (bicyclic) bond motifs is 4. The van der Waals surface area contributed by atoms with Gasteiger partial charge in [0.1, 0.15) is 17.1 Å². The second-order valence-electron chi connectivity index (χ2n) is 7.91. The van der Waals surface area contributed by atoms with Gasteiger partial charge in [-0.25, -0.2) is 0 Å². The van der Waals surface area contributed by atoms with Crippen molar-refractivity contribution in [3.63, 3.8) is 0 Å². The minimum atomic E-state index is -1.15. The number of hydrogen-bond donors (Lipinski definition) is 1. The number of rotatable bonds is 4. The van der Waals surface area contributed by atoms with E-state index in [0.29, 0.717) is 12.2 Å². The van der Waals surface area contributed by atoms with Crippen molar-refractivity contribution >= 4 is 11.9 Å². The Balaban J connectivity index is 1.98. The Kier molecular flexibility index (Phi) is 4.21. The molecule has 2 aromatic carbocycles. The molecule has 2 aliphatic rings. The van der Waals surface area contributed by atoms with Crippen molar-refractivity contribution in [2.24, 2.45) is 5.92 Å². The first-order valence-corrected chi connectivity index (χ1v) is 9.65. The lowest BCUT2D eigenvalue weighted by atomic mass is 9.64. The molecule has 1 N–H and O–H groups in total. The molecule has 4 rings (SSSR count). The summed E-state index contributed by atoms with van der Waals surface area (Å²) in [5.41, 5.74) is 1.66. The van der Waals surface area contributed by atoms with Crippen LogP contribution < -0.4 is 10.1 Å². The van der Waals surface area contributed by atoms with Gasteiger partial charge in [-0.1, -0.05) is 36.4 Å². The van der Waals surface area contributed by atoms with Crippen molar-refractivity contribution in [3.8, 4) is 5.75 Å². The maximum atomic E-state index is 13.5. The van der Waals surface area contributed by atoms with Crippen molar-refractivity contribution in [3.05, 3.63) is 64.7 Å². The third-order valence-electron chi connectivity index (χ3n) is 6.06. The average molecular weight is 379 g/mol. The number of amides is 1. The molecule has 5 heteroatoms. The lowest BCUT2D eigenvalue weighted by Gasteiger charge is -2.43. The van der Waals surface area contributed by atoms with Crippen LogP contribution in [0.15, 0.2) is 42.5 Å². The van der Waals surface area contributed by atoms with Crippen LogP contribution >= 0.6 is 0 Å². The fraction of sp³-hybridized carbons (Fsp3) is 0.391. The average Bonchev–Trinajstić information content (AvgIpc) is 2.80. The van der Waals surface area contributed by atoms with Gasteiger partial charge in [0.15, 0.2) is 5.72 Å². The molecular weight excluding hydrogens is 354 g/mol. The molecule has 0 saturated carbocycles. The number of ether oxygens (including phenoxy) is 2. The Morgan fingerprint density at radius 1 is 1.18 bits per heavy atom. The Morgan fingerprint density at radius 2 is 1.86 bits per heavy atom. The van der Waals surface area contributed by atoms with Crippen molar-refractivity contribution in [1.82, 2.24) is 5.32 Å². The molecule has 1 saturated heterocycles. The first kappa shape index (κ1) is 18.5. The summed E-state index contributed by atoms with van der Waals surface area (Å²) in [6.45, 7) is 7.80. The zero-order chi connectivity index (χ0) is 20.1. The van der Waals surface area contributed by atoms with Crippen molar-refractivity contribution < 1.29 is 19.1 Å². The summed E-state index contributed by atoms with van der Waals surface area (Å²) in [5, 5.41) is 2.97. The molecule has 2 aromatic rings. The van der Waals surface area contributed by atoms with Crippen LogP contribution in [-0.4, -0.2) is 24.2 Å². The largest absolute Gasteiger partial charge is 0.467 e. The summed E-state index contributed by atoms with van der Waals surface area (Å²) in [7, 11) is 0. The standard InChI is InChI=1S/C23H25NO4/c1-5-27-20(25)19-22(4)24-21(26)23(19,13-16-9-7-6-8-10-16)17-11-14(2)15(3)12-18(17)28-22/h6-12,19H,5,13H2,1-4H3,(H,24,26)/t19-,22-,23+/m0/s1. The fourth-order valence-corrected chi connectivity index (χ4v) is 4.67. The quantitative estimate of drug-likeness (QED) is 0.829. The minimum Gasteiger partial charge on any atom is -0.467 e. The number of aryl methyl sites for hydroxylation is 2. The molecule has 0 unspecified atom stereocenters. The van der Waals surface area contributed by atoms with E-state index in [2.05, 4.69) is 5.32 Å². The first-order valence-electron chi connectivity index (χ1n) is 9.65. The number of hydrogen-bond acceptors (Lipinski definition) is 4. The summed E-state index contributed by atoms with van der Waals surface area (Å²) in [6.07, 6.45) is 0.400. The van der Waals surface area contributed by atoms with Crippen LogP contribution in [0.3, 0.4) is 0 Å². The van der Waals surface area contributed by atoms with Crippen LogP contribution in [0.1, 0.15) is 36.1 Å². The predicted octanol–water partition coefficient (Wildman–Crippen LogP) is 3.20. The van der Waals surface area contributed by atoms with Gasteiger partial charge in [-0.2, -0.15) is 0 Å². The summed E-state index contributed by atoms with van der Waals surface area (Å²) < 4.78 is 11.6. The van der Waals surface area contributed by atoms with Crippen LogP contribution in [0.4, 0.5) is 0 Å². The van der Waals surface area contributed by atoms with Gasteiger partial charge in [-0.3, -0.25) is 9.59 Å². The third-order valence-corrected chi connectivity index (χ3v) is 6.06. The van der Waals surface area contributed by atoms with Gasteiger partial charge >= 0.3 is 5.97 Å². The molecular formula is C23H25NO4. The van der Waals surface area contributed by atoms with E-state index in [9.17, 15) is 9.59 Å². The maximum Gasteiger partial charge on any atom is 0.316 e. The molecule has 0 aromatic heterocycles. The van der Waals surface area contributed by atoms with Gasteiger partial charge in [0.2, 0.25) is 5.91 Å². The molecule has 1 amide bonds. The second kappa shape index (κ2) is 6.36. The molecule has 3 atom stereocenters. The van der Waals surface area contributed by atoms with Crippen LogP contribution in [0.2, 0.25) is 0 Å². The topological polar surface area (TPSA) is 64.6 Å². The van der Waals surface area contributed by atoms with E-state index in [1.165, 1.54) is 0 Å². The van der Waals surface area contributed by atoms with E-state index < -0.39 is 23.0 Å². The van der Waals surface area contributed by atoms with E-state index >= 15 is 0 Å². The Morgan fingerprint density at radius 3 is 2.54 bits per heavy atom. The van der Waals surface area contributed by atoms with Crippen molar-refractivity contribution in [1.29, 1.82) is 0 Å². The lowest BCUT2D eigenvalue weighted by molar-refractivity contribution is -0.160. The summed E-state index contributed by atoms with van der Waals surface area (Å²) >= 11 is 0. The van der Waals surface area contributed by atoms with Crippen molar-refractivity contribution in [2.45, 2.75) is 45.3 Å². The van der Waals surface area contributed by atoms with E-state index in [1.54, 1.807) is 13.8 Å². The molecule has 5 nitrogen and oxygen atoms in total. The fourth-order valence-electron chi connectivity index (χ4n) is 4.67. The Bertz CT molecular complexity index is 955. The molecule has 2 heterocycles. The van der Waals surface area contributed by atoms with Gasteiger partial charge in [0.25, 0.3) is 0 Å². The number of carbonyl (C=O) groups excluding carboxylic acids is 2. The Labute approximate surface area is 165 Å². The van der Waals surface area contributed by atoms with E-state index in [0.717, 1.165) is 22.3 Å². The molecule has 1 fully saturated rings. The highest BCUT2D eigenvalue weighted by molar-refractivity contribution is 6.00. The number of benzene rings is 2. The number of carbonyl (C=O) groups is 2. The molecule has 2 aliphatic heterocycles. The third kappa shape index (κ3) is 2.53. The normalized spacial score (nSPS) is 27.6. The highest BCUT2D eigenvalue weighted by atomic mass is 16.5. The van der Waals surface area contributed by atoms with Crippen LogP contribution in [-0.2, 0) is 26.2 Å². The van der Waals surface area contributed by atoms with Gasteiger partial charge < -0.3 is 14.8 Å². The highest BCUT2D eigenvalue weighted by Gasteiger charge is 2.70. The van der Waals surface area contributed by atoms with E-state index in [1.807, 2.05) is 56.3 Å². The monoisotopic (exact) mass is 379 g/mol. The van der Waals surface area contributed by atoms with E-state index in [4.69, 9.17) is 9.47 Å². The summed E-state index contributed by atoms with van der Waals surface area (Å²) in [5.74, 6) is -0.732. The zero-order valence-corrected chi connectivity index (χ0v) is 16.7. The molecule has 0 aliphatic carbocycles. The highest BCUT2D eigenvalue weighted by Crippen LogP contribution is 2.55. The van der Waals surface area contributed by atoms with Crippen LogP contribution in [0.5, 0.6) is 5.75 Å². The van der Waals surface area contributed by atoms with Gasteiger partial charge in [0.05, 0.1) is 6.61 Å². The lowest BCUT2D eigenvalue weighted by Crippen LogP contribution is -2.56. The molecule has 2 bridgehead atoms. The van der Waals surface area contributed by atoms with Gasteiger partial charge in [-0.05, 0) is 56.9 Å². The minimum absolute atomic E-state index is 0.195. The molecule has 0 radical (unpaired) electrons. The first-order chi connectivity index (χ1) is 13.3.